The van der Waals surface area contributed by atoms with E-state index in [-0.39, 0.29) is 29.1 Å². The molecular weight excluding hydrogens is 628 g/mol. The zero-order chi connectivity index (χ0) is 31.4. The number of rotatable bonds is 6. The first kappa shape index (κ1) is 29.3. The summed E-state index contributed by atoms with van der Waals surface area (Å²) in [5.41, 5.74) is 2.87. The molecule has 7 rings (SSSR count). The first-order valence-corrected chi connectivity index (χ1v) is 16.4. The second-order valence-electron chi connectivity index (χ2n) is 11.2. The minimum atomic E-state index is -0.775. The molecule has 2 aliphatic heterocycles. The number of hydrogen-bond donors (Lipinski definition) is 1. The van der Waals surface area contributed by atoms with Crippen molar-refractivity contribution in [3.05, 3.63) is 116 Å². The van der Waals surface area contributed by atoms with Gasteiger partial charge in [0.05, 0.1) is 16.6 Å². The minimum absolute atomic E-state index is 0.225. The zero-order valence-corrected chi connectivity index (χ0v) is 26.7. The van der Waals surface area contributed by atoms with Gasteiger partial charge in [0, 0.05) is 41.3 Å². The Kier molecular flexibility index (Phi) is 7.51. The zero-order valence-electron chi connectivity index (χ0n) is 24.3. The van der Waals surface area contributed by atoms with Gasteiger partial charge >= 0.3 is 4.87 Å². The first-order valence-electron chi connectivity index (χ1n) is 14.3. The van der Waals surface area contributed by atoms with Crippen LogP contribution in [0.4, 0.5) is 17.1 Å². The Bertz CT molecular complexity index is 2040. The van der Waals surface area contributed by atoms with Crippen LogP contribution in [0.15, 0.2) is 101 Å². The number of imide groups is 1. The van der Waals surface area contributed by atoms with Crippen LogP contribution in [0.25, 0.3) is 10.8 Å². The summed E-state index contributed by atoms with van der Waals surface area (Å²) in [5.74, 6) is -2.32. The molecule has 1 aromatic heterocycles. The Balaban J connectivity index is 1.26. The van der Waals surface area contributed by atoms with Gasteiger partial charge < -0.3 is 10.2 Å². The van der Waals surface area contributed by atoms with Crippen LogP contribution in [0.3, 0.4) is 0 Å². The second-order valence-corrected chi connectivity index (χ2v) is 13.8. The van der Waals surface area contributed by atoms with Crippen molar-refractivity contribution in [2.24, 2.45) is 5.92 Å². The molecule has 3 amide bonds. The number of benzene rings is 4. The third-order valence-corrected chi connectivity index (χ3v) is 11.1. The minimum Gasteiger partial charge on any atom is -0.378 e. The quantitative estimate of drug-likeness (QED) is 0.219. The van der Waals surface area contributed by atoms with E-state index in [0.29, 0.717) is 26.3 Å². The standard InChI is InChI=1S/C34H27ClN4O4S2/c1-37(2)24-13-8-20(9-14-24)27-28-29(32(42)39(31(28)41)25-15-10-22(35)11-16-25)44-33-30(27)45-34(43)38(33)18-26(40)36-23-12-7-19-5-3-4-6-21(19)17-23/h3-17,27-29H,18H2,1-2H3,(H,36,40)/t27-,28?,29?/m1/s1. The van der Waals surface area contributed by atoms with E-state index in [0.717, 1.165) is 33.4 Å². The number of halogens is 1. The number of carbonyl (C=O) groups is 3. The van der Waals surface area contributed by atoms with E-state index in [9.17, 15) is 19.2 Å². The molecule has 1 saturated heterocycles. The first-order chi connectivity index (χ1) is 21.7. The molecule has 3 atom stereocenters. The molecule has 3 heterocycles. The van der Waals surface area contributed by atoms with Gasteiger partial charge in [-0.15, -0.1) is 0 Å². The van der Waals surface area contributed by atoms with Gasteiger partial charge in [0.25, 0.3) is 0 Å². The Morgan fingerprint density at radius 2 is 1.60 bits per heavy atom. The molecule has 8 nitrogen and oxygen atoms in total. The lowest BCUT2D eigenvalue weighted by Gasteiger charge is -2.31. The van der Waals surface area contributed by atoms with Crippen molar-refractivity contribution in [3.8, 4) is 0 Å². The molecule has 2 unspecified atom stereocenters. The number of aromatic nitrogens is 1. The van der Waals surface area contributed by atoms with Crippen LogP contribution < -0.4 is 20.0 Å². The van der Waals surface area contributed by atoms with Gasteiger partial charge in [-0.2, -0.15) is 0 Å². The van der Waals surface area contributed by atoms with Crippen molar-refractivity contribution in [1.29, 1.82) is 0 Å². The second kappa shape index (κ2) is 11.5. The summed E-state index contributed by atoms with van der Waals surface area (Å²) in [6.45, 7) is -0.225. The Morgan fingerprint density at radius 3 is 2.31 bits per heavy atom. The fourth-order valence-corrected chi connectivity index (χ4v) is 8.95. The molecule has 0 radical (unpaired) electrons. The molecule has 45 heavy (non-hydrogen) atoms. The lowest BCUT2D eigenvalue weighted by atomic mass is 9.83. The molecule has 11 heteroatoms. The van der Waals surface area contributed by atoms with E-state index in [1.165, 1.54) is 21.2 Å². The molecule has 5 aromatic rings. The van der Waals surface area contributed by atoms with Crippen molar-refractivity contribution < 1.29 is 14.4 Å². The highest BCUT2D eigenvalue weighted by atomic mass is 35.5. The number of thiazole rings is 1. The third-order valence-electron chi connectivity index (χ3n) is 8.24. The number of nitrogens with one attached hydrogen (secondary N) is 1. The lowest BCUT2D eigenvalue weighted by molar-refractivity contribution is -0.122. The predicted octanol–water partition coefficient (Wildman–Crippen LogP) is 6.22. The number of hydrogen-bond acceptors (Lipinski definition) is 7. The van der Waals surface area contributed by atoms with Crippen molar-refractivity contribution in [1.82, 2.24) is 4.57 Å². The predicted molar refractivity (Wildman–Crippen MR) is 181 cm³/mol. The third kappa shape index (κ3) is 5.22. The van der Waals surface area contributed by atoms with E-state index in [2.05, 4.69) is 5.32 Å². The van der Waals surface area contributed by atoms with Crippen LogP contribution in [0, 0.1) is 5.92 Å². The van der Waals surface area contributed by atoms with Crippen LogP contribution in [0.2, 0.25) is 5.02 Å². The average molecular weight is 655 g/mol. The van der Waals surface area contributed by atoms with E-state index < -0.39 is 17.1 Å². The van der Waals surface area contributed by atoms with Crippen molar-refractivity contribution in [3.63, 3.8) is 0 Å². The molecule has 2 aliphatic rings. The van der Waals surface area contributed by atoms with Gasteiger partial charge in [-0.25, -0.2) is 4.90 Å². The Morgan fingerprint density at radius 1 is 0.889 bits per heavy atom. The number of anilines is 3. The summed E-state index contributed by atoms with van der Waals surface area (Å²) in [7, 11) is 3.89. The van der Waals surface area contributed by atoms with Crippen LogP contribution in [0.1, 0.15) is 16.4 Å². The smallest absolute Gasteiger partial charge is 0.308 e. The molecule has 4 aromatic carbocycles. The topological polar surface area (TPSA) is 91.7 Å². The summed E-state index contributed by atoms with van der Waals surface area (Å²) >= 11 is 8.31. The van der Waals surface area contributed by atoms with Crippen molar-refractivity contribution in [2.75, 3.05) is 29.2 Å². The molecule has 0 spiro atoms. The summed E-state index contributed by atoms with van der Waals surface area (Å²) in [6, 6.07) is 27.9. The summed E-state index contributed by atoms with van der Waals surface area (Å²) < 4.78 is 1.43. The Hall–Kier alpha value is -4.38. The number of amides is 3. The SMILES string of the molecule is CN(C)c1ccc([C@H]2c3sc(=O)n(CC(=O)Nc4ccc5ccccc5c4)c3SC3C(=O)N(c4ccc(Cl)cc4)C(=O)C32)cc1. The fourth-order valence-electron chi connectivity index (χ4n) is 6.05. The number of nitrogens with zero attached hydrogens (tertiary/aromatic N) is 3. The summed E-state index contributed by atoms with van der Waals surface area (Å²) in [5, 5.41) is 5.22. The van der Waals surface area contributed by atoms with Crippen LogP contribution in [0.5, 0.6) is 0 Å². The summed E-state index contributed by atoms with van der Waals surface area (Å²) in [4.78, 5) is 58.4. The molecule has 1 N–H and O–H groups in total. The van der Waals surface area contributed by atoms with Gasteiger partial charge in [0.1, 0.15) is 11.8 Å². The Labute approximate surface area is 272 Å². The highest BCUT2D eigenvalue weighted by molar-refractivity contribution is 8.00. The maximum atomic E-state index is 14.1. The van der Waals surface area contributed by atoms with Crippen LogP contribution in [-0.2, 0) is 20.9 Å². The number of carbonyl (C=O) groups excluding carboxylic acids is 3. The van der Waals surface area contributed by atoms with E-state index in [1.807, 2.05) is 85.7 Å². The van der Waals surface area contributed by atoms with E-state index >= 15 is 0 Å². The van der Waals surface area contributed by atoms with E-state index in [1.54, 1.807) is 24.3 Å². The van der Waals surface area contributed by atoms with E-state index in [4.69, 9.17) is 11.6 Å². The van der Waals surface area contributed by atoms with Crippen molar-refractivity contribution >= 4 is 80.3 Å². The molecule has 226 valence electrons. The van der Waals surface area contributed by atoms with Crippen molar-refractivity contribution in [2.45, 2.75) is 22.7 Å². The van der Waals surface area contributed by atoms with Crippen LogP contribution in [-0.4, -0.2) is 41.6 Å². The molecular formula is C34H27ClN4O4S2. The van der Waals surface area contributed by atoms with Gasteiger partial charge in [-0.3, -0.25) is 23.7 Å². The molecule has 0 aliphatic carbocycles. The maximum absolute atomic E-state index is 14.1. The maximum Gasteiger partial charge on any atom is 0.308 e. The lowest BCUT2D eigenvalue weighted by Crippen LogP contribution is -2.33. The van der Waals surface area contributed by atoms with Gasteiger partial charge in [-0.1, -0.05) is 77.2 Å². The van der Waals surface area contributed by atoms with Gasteiger partial charge in [0.2, 0.25) is 17.7 Å². The average Bonchev–Trinajstić information content (AvgIpc) is 3.47. The normalized spacial score (nSPS) is 19.0. The highest BCUT2D eigenvalue weighted by Gasteiger charge is 2.56. The highest BCUT2D eigenvalue weighted by Crippen LogP contribution is 2.54. The number of thioether (sulfide) groups is 1. The monoisotopic (exact) mass is 654 g/mol. The van der Waals surface area contributed by atoms with Gasteiger partial charge in [-0.05, 0) is 64.9 Å². The molecule has 0 bridgehead atoms. The molecule has 1 fully saturated rings. The van der Waals surface area contributed by atoms with Crippen LogP contribution >= 0.6 is 34.7 Å². The molecule has 0 saturated carbocycles. The summed E-state index contributed by atoms with van der Waals surface area (Å²) in [6.07, 6.45) is 0. The number of fused-ring (bicyclic) bond motifs is 3. The van der Waals surface area contributed by atoms with Gasteiger partial charge in [0.15, 0.2) is 0 Å². The fraction of sp³-hybridized carbons (Fsp3) is 0.176. The largest absolute Gasteiger partial charge is 0.378 e.